The number of pyridine rings is 1. The summed E-state index contributed by atoms with van der Waals surface area (Å²) in [4.78, 5) is 4.39. The summed E-state index contributed by atoms with van der Waals surface area (Å²) in [5, 5.41) is 1.27. The van der Waals surface area contributed by atoms with Crippen molar-refractivity contribution in [2.45, 2.75) is 38.0 Å². The second-order valence-electron chi connectivity index (χ2n) is 5.75. The number of aromatic nitrogens is 1. The molecule has 19 heavy (non-hydrogen) atoms. The van der Waals surface area contributed by atoms with E-state index < -0.39 is 0 Å². The Kier molecular flexibility index (Phi) is 3.79. The molecule has 0 saturated heterocycles. The molecule has 1 fully saturated rings. The quantitative estimate of drug-likeness (QED) is 0.903. The second-order valence-corrected chi connectivity index (χ2v) is 5.75. The Morgan fingerprint density at radius 1 is 1.11 bits per heavy atom. The maximum atomic E-state index is 5.66. The van der Waals surface area contributed by atoms with Gasteiger partial charge in [-0.3, -0.25) is 4.98 Å². The third kappa shape index (κ3) is 2.79. The lowest BCUT2D eigenvalue weighted by molar-refractivity contribution is 0.313. The lowest BCUT2D eigenvalue weighted by Gasteiger charge is -2.28. The maximum absolute atomic E-state index is 5.66. The van der Waals surface area contributed by atoms with Gasteiger partial charge in [0.05, 0.1) is 5.52 Å². The van der Waals surface area contributed by atoms with Gasteiger partial charge in [0.1, 0.15) is 0 Å². The fourth-order valence-electron chi connectivity index (χ4n) is 3.37. The normalized spacial score (nSPS) is 23.6. The summed E-state index contributed by atoms with van der Waals surface area (Å²) in [6.07, 6.45) is 8.38. The highest BCUT2D eigenvalue weighted by Crippen LogP contribution is 2.37. The van der Waals surface area contributed by atoms with Crippen LogP contribution in [0.3, 0.4) is 0 Å². The zero-order valence-corrected chi connectivity index (χ0v) is 11.4. The molecule has 1 aromatic heterocycles. The molecule has 0 radical (unpaired) electrons. The highest BCUT2D eigenvalue weighted by molar-refractivity contribution is 5.79. The monoisotopic (exact) mass is 254 g/mol. The minimum Gasteiger partial charge on any atom is -0.330 e. The van der Waals surface area contributed by atoms with Gasteiger partial charge in [-0.2, -0.15) is 0 Å². The first-order valence-electron chi connectivity index (χ1n) is 7.41. The van der Waals surface area contributed by atoms with E-state index in [1.165, 1.54) is 43.1 Å². The van der Waals surface area contributed by atoms with Gasteiger partial charge < -0.3 is 5.73 Å². The zero-order valence-electron chi connectivity index (χ0n) is 11.4. The van der Waals surface area contributed by atoms with Gasteiger partial charge in [-0.25, -0.2) is 0 Å². The Bertz CT molecular complexity index is 542. The number of nitrogens with zero attached hydrogens (tertiary/aromatic N) is 1. The minimum absolute atomic E-state index is 0.735. The van der Waals surface area contributed by atoms with Crippen molar-refractivity contribution in [1.82, 2.24) is 4.98 Å². The molecule has 2 nitrogen and oxygen atoms in total. The SMILES string of the molecule is NCCC1CCC(c2ccc3ncccc3c2)CC1. The van der Waals surface area contributed by atoms with Crippen LogP contribution >= 0.6 is 0 Å². The summed E-state index contributed by atoms with van der Waals surface area (Å²) < 4.78 is 0. The number of hydrogen-bond acceptors (Lipinski definition) is 2. The average molecular weight is 254 g/mol. The van der Waals surface area contributed by atoms with E-state index in [9.17, 15) is 0 Å². The van der Waals surface area contributed by atoms with Crippen LogP contribution in [0.15, 0.2) is 36.5 Å². The fourth-order valence-corrected chi connectivity index (χ4v) is 3.37. The fraction of sp³-hybridized carbons (Fsp3) is 0.471. The lowest BCUT2D eigenvalue weighted by atomic mass is 9.77. The van der Waals surface area contributed by atoms with Gasteiger partial charge in [-0.05, 0) is 74.2 Å². The highest BCUT2D eigenvalue weighted by Gasteiger charge is 2.21. The van der Waals surface area contributed by atoms with Gasteiger partial charge in [-0.1, -0.05) is 12.1 Å². The van der Waals surface area contributed by atoms with Crippen molar-refractivity contribution in [1.29, 1.82) is 0 Å². The zero-order chi connectivity index (χ0) is 13.1. The summed E-state index contributed by atoms with van der Waals surface area (Å²) in [5.41, 5.74) is 8.25. The Hall–Kier alpha value is -1.41. The predicted molar refractivity (Wildman–Crippen MR) is 80.1 cm³/mol. The minimum atomic E-state index is 0.735. The van der Waals surface area contributed by atoms with Crippen LogP contribution in [-0.4, -0.2) is 11.5 Å². The molecule has 0 spiro atoms. The van der Waals surface area contributed by atoms with Crippen molar-refractivity contribution < 1.29 is 0 Å². The molecular weight excluding hydrogens is 232 g/mol. The Balaban J connectivity index is 1.74. The van der Waals surface area contributed by atoms with Gasteiger partial charge in [-0.15, -0.1) is 0 Å². The van der Waals surface area contributed by atoms with Crippen LogP contribution in [-0.2, 0) is 0 Å². The smallest absolute Gasteiger partial charge is 0.0702 e. The van der Waals surface area contributed by atoms with Crippen LogP contribution < -0.4 is 5.73 Å². The molecule has 0 amide bonds. The van der Waals surface area contributed by atoms with Crippen LogP contribution in [0.2, 0.25) is 0 Å². The molecule has 2 heteroatoms. The predicted octanol–water partition coefficient (Wildman–Crippen LogP) is 3.86. The molecule has 2 N–H and O–H groups in total. The third-order valence-electron chi connectivity index (χ3n) is 4.52. The summed E-state index contributed by atoms with van der Waals surface area (Å²) in [6, 6.07) is 10.9. The van der Waals surface area contributed by atoms with E-state index in [0.29, 0.717) is 0 Å². The van der Waals surface area contributed by atoms with Gasteiger partial charge in [0.25, 0.3) is 0 Å². The van der Waals surface area contributed by atoms with Crippen molar-refractivity contribution in [3.63, 3.8) is 0 Å². The number of nitrogens with two attached hydrogens (primary N) is 1. The van der Waals surface area contributed by atoms with Crippen molar-refractivity contribution in [3.05, 3.63) is 42.1 Å². The maximum Gasteiger partial charge on any atom is 0.0702 e. The van der Waals surface area contributed by atoms with Crippen LogP contribution in [0.4, 0.5) is 0 Å². The second kappa shape index (κ2) is 5.70. The van der Waals surface area contributed by atoms with Crippen LogP contribution in [0, 0.1) is 5.92 Å². The van der Waals surface area contributed by atoms with E-state index >= 15 is 0 Å². The van der Waals surface area contributed by atoms with Crippen LogP contribution in [0.25, 0.3) is 10.9 Å². The molecule has 0 aliphatic heterocycles. The summed E-state index contributed by atoms with van der Waals surface area (Å²) in [5.74, 6) is 1.60. The highest BCUT2D eigenvalue weighted by atomic mass is 14.6. The molecule has 2 aromatic rings. The first-order valence-corrected chi connectivity index (χ1v) is 7.41. The third-order valence-corrected chi connectivity index (χ3v) is 4.52. The number of benzene rings is 1. The van der Waals surface area contributed by atoms with Gasteiger partial charge in [0.15, 0.2) is 0 Å². The van der Waals surface area contributed by atoms with E-state index in [0.717, 1.165) is 23.9 Å². The first-order chi connectivity index (χ1) is 9.36. The molecule has 0 atom stereocenters. The average Bonchev–Trinajstić information content (AvgIpc) is 2.48. The largest absolute Gasteiger partial charge is 0.330 e. The van der Waals surface area contributed by atoms with Gasteiger partial charge in [0.2, 0.25) is 0 Å². The lowest BCUT2D eigenvalue weighted by Crippen LogP contribution is -2.16. The van der Waals surface area contributed by atoms with Crippen molar-refractivity contribution in [3.8, 4) is 0 Å². The van der Waals surface area contributed by atoms with E-state index in [2.05, 4.69) is 29.2 Å². The van der Waals surface area contributed by atoms with Crippen LogP contribution in [0.1, 0.15) is 43.6 Å². The Labute approximate surface area is 115 Å². The standard InChI is InChI=1S/C17H22N2/c18-10-9-13-3-5-14(6-4-13)15-7-8-17-16(12-15)2-1-11-19-17/h1-2,7-8,11-14H,3-6,9-10,18H2. The Morgan fingerprint density at radius 2 is 1.95 bits per heavy atom. The summed E-state index contributed by atoms with van der Waals surface area (Å²) in [7, 11) is 0. The van der Waals surface area contributed by atoms with E-state index in [-0.39, 0.29) is 0 Å². The number of fused-ring (bicyclic) bond motifs is 1. The van der Waals surface area contributed by atoms with Gasteiger partial charge in [0, 0.05) is 11.6 Å². The Morgan fingerprint density at radius 3 is 2.74 bits per heavy atom. The number of hydrogen-bond donors (Lipinski definition) is 1. The first kappa shape index (κ1) is 12.6. The molecule has 1 aliphatic carbocycles. The summed E-state index contributed by atoms with van der Waals surface area (Å²) >= 11 is 0. The molecule has 1 heterocycles. The van der Waals surface area contributed by atoms with E-state index in [1.54, 1.807) is 0 Å². The van der Waals surface area contributed by atoms with Crippen LogP contribution in [0.5, 0.6) is 0 Å². The molecule has 0 bridgehead atoms. The topological polar surface area (TPSA) is 38.9 Å². The number of rotatable bonds is 3. The van der Waals surface area contributed by atoms with Crippen molar-refractivity contribution in [2.24, 2.45) is 11.7 Å². The van der Waals surface area contributed by atoms with E-state index in [4.69, 9.17) is 5.73 Å². The molecule has 0 unspecified atom stereocenters. The molecule has 3 rings (SSSR count). The van der Waals surface area contributed by atoms with Crippen molar-refractivity contribution >= 4 is 10.9 Å². The molecule has 100 valence electrons. The molecule has 1 saturated carbocycles. The molecular formula is C17H22N2. The van der Waals surface area contributed by atoms with E-state index in [1.807, 2.05) is 12.3 Å². The molecule has 1 aromatic carbocycles. The summed E-state index contributed by atoms with van der Waals surface area (Å²) in [6.45, 7) is 0.844. The van der Waals surface area contributed by atoms with Crippen molar-refractivity contribution in [2.75, 3.05) is 6.54 Å². The molecule has 1 aliphatic rings. The van der Waals surface area contributed by atoms with Gasteiger partial charge >= 0.3 is 0 Å².